The van der Waals surface area contributed by atoms with Crippen LogP contribution in [-0.4, -0.2) is 6.10 Å². The smallest absolute Gasteiger partial charge is 0.167 e. The minimum Gasteiger partial charge on any atom is -0.487 e. The number of hydrogen-bond donors (Lipinski definition) is 0. The predicted octanol–water partition coefficient (Wildman–Crippen LogP) is 2.90. The largest absolute Gasteiger partial charge is 0.487 e. The predicted molar refractivity (Wildman–Crippen MR) is 44.6 cm³/mol. The summed E-state index contributed by atoms with van der Waals surface area (Å²) in [5, 5.41) is 0. The number of benzene rings is 1. The molecule has 1 nitrogen and oxygen atoms in total. The Bertz CT molecular complexity index is 308. The van der Waals surface area contributed by atoms with Crippen LogP contribution >= 0.6 is 0 Å². The lowest BCUT2D eigenvalue weighted by Crippen LogP contribution is -2.24. The second kappa shape index (κ2) is 3.32. The summed E-state index contributed by atoms with van der Waals surface area (Å²) < 4.78 is 30.8. The van der Waals surface area contributed by atoms with Crippen LogP contribution in [-0.2, 0) is 0 Å². The monoisotopic (exact) mass is 184 g/mol. The summed E-state index contributed by atoms with van der Waals surface area (Å²) in [6.45, 7) is 0. The van der Waals surface area contributed by atoms with Gasteiger partial charge in [-0.25, -0.2) is 8.78 Å². The molecular weight excluding hydrogens is 174 g/mol. The highest BCUT2D eigenvalue weighted by Crippen LogP contribution is 2.27. The van der Waals surface area contributed by atoms with Gasteiger partial charge in [0.05, 0.1) is 6.10 Å². The van der Waals surface area contributed by atoms with Crippen LogP contribution in [0.2, 0.25) is 0 Å². The molecule has 0 unspecified atom stereocenters. The Morgan fingerprint density at radius 1 is 1.23 bits per heavy atom. The van der Waals surface area contributed by atoms with Crippen molar-refractivity contribution in [2.75, 3.05) is 0 Å². The fraction of sp³-hybridized carbons (Fsp3) is 0.400. The van der Waals surface area contributed by atoms with Gasteiger partial charge in [0.15, 0.2) is 11.6 Å². The van der Waals surface area contributed by atoms with Crippen LogP contribution < -0.4 is 4.74 Å². The molecule has 13 heavy (non-hydrogen) atoms. The molecule has 0 saturated heterocycles. The maximum Gasteiger partial charge on any atom is 0.167 e. The van der Waals surface area contributed by atoms with E-state index in [0.29, 0.717) is 0 Å². The Kier molecular flexibility index (Phi) is 2.17. The van der Waals surface area contributed by atoms with E-state index < -0.39 is 11.6 Å². The van der Waals surface area contributed by atoms with E-state index in [-0.39, 0.29) is 11.9 Å². The first-order valence-corrected chi connectivity index (χ1v) is 4.37. The molecule has 70 valence electrons. The lowest BCUT2D eigenvalue weighted by Gasteiger charge is -2.26. The third kappa shape index (κ3) is 1.79. The van der Waals surface area contributed by atoms with Crippen LogP contribution in [0.3, 0.4) is 0 Å². The topological polar surface area (TPSA) is 9.23 Å². The van der Waals surface area contributed by atoms with Crippen molar-refractivity contribution in [1.29, 1.82) is 0 Å². The second-order valence-electron chi connectivity index (χ2n) is 3.25. The highest BCUT2D eigenvalue weighted by molar-refractivity contribution is 5.25. The zero-order valence-electron chi connectivity index (χ0n) is 7.09. The van der Waals surface area contributed by atoms with Gasteiger partial charge in [-0.2, -0.15) is 0 Å². The standard InChI is InChI=1S/C10H10F2O/c11-7-4-5-10(9(12)6-7)13-8-2-1-3-8/h4-6,8H,1-3H2. The summed E-state index contributed by atoms with van der Waals surface area (Å²) >= 11 is 0. The third-order valence-corrected chi connectivity index (χ3v) is 2.24. The molecule has 1 fully saturated rings. The van der Waals surface area contributed by atoms with Gasteiger partial charge in [0.2, 0.25) is 0 Å². The molecule has 0 atom stereocenters. The van der Waals surface area contributed by atoms with Crippen molar-refractivity contribution < 1.29 is 13.5 Å². The lowest BCUT2D eigenvalue weighted by atomic mass is 9.96. The molecule has 2 rings (SSSR count). The molecule has 0 radical (unpaired) electrons. The van der Waals surface area contributed by atoms with E-state index in [0.717, 1.165) is 25.3 Å². The Labute approximate surface area is 75.3 Å². The van der Waals surface area contributed by atoms with Crippen molar-refractivity contribution >= 4 is 0 Å². The molecule has 0 spiro atoms. The Morgan fingerprint density at radius 2 is 2.00 bits per heavy atom. The van der Waals surface area contributed by atoms with Gasteiger partial charge in [-0.3, -0.25) is 0 Å². The average Bonchev–Trinajstić information content (AvgIpc) is 1.99. The minimum absolute atomic E-state index is 0.125. The summed E-state index contributed by atoms with van der Waals surface area (Å²) in [4.78, 5) is 0. The van der Waals surface area contributed by atoms with E-state index in [9.17, 15) is 8.78 Å². The molecule has 0 N–H and O–H groups in total. The van der Waals surface area contributed by atoms with Crippen LogP contribution in [0.25, 0.3) is 0 Å². The molecule has 1 aliphatic rings. The van der Waals surface area contributed by atoms with Crippen molar-refractivity contribution in [2.45, 2.75) is 25.4 Å². The van der Waals surface area contributed by atoms with Crippen molar-refractivity contribution in [3.8, 4) is 5.75 Å². The van der Waals surface area contributed by atoms with Crippen molar-refractivity contribution in [3.05, 3.63) is 29.8 Å². The summed E-state index contributed by atoms with van der Waals surface area (Å²) in [7, 11) is 0. The number of rotatable bonds is 2. The van der Waals surface area contributed by atoms with Crippen LogP contribution in [0.5, 0.6) is 5.75 Å². The van der Waals surface area contributed by atoms with Gasteiger partial charge in [0, 0.05) is 6.07 Å². The number of halogens is 2. The second-order valence-corrected chi connectivity index (χ2v) is 3.25. The normalized spacial score (nSPS) is 16.8. The Morgan fingerprint density at radius 3 is 2.54 bits per heavy atom. The molecule has 0 aliphatic heterocycles. The number of hydrogen-bond acceptors (Lipinski definition) is 1. The van der Waals surface area contributed by atoms with E-state index in [4.69, 9.17) is 4.74 Å². The van der Waals surface area contributed by atoms with Gasteiger partial charge in [-0.1, -0.05) is 0 Å². The van der Waals surface area contributed by atoms with Gasteiger partial charge < -0.3 is 4.74 Å². The highest BCUT2D eigenvalue weighted by atomic mass is 19.1. The molecule has 0 aromatic heterocycles. The fourth-order valence-electron chi connectivity index (χ4n) is 1.24. The maximum atomic E-state index is 13.0. The average molecular weight is 184 g/mol. The molecule has 3 heteroatoms. The highest BCUT2D eigenvalue weighted by Gasteiger charge is 2.20. The third-order valence-electron chi connectivity index (χ3n) is 2.24. The van der Waals surface area contributed by atoms with Gasteiger partial charge >= 0.3 is 0 Å². The SMILES string of the molecule is Fc1ccc(OC2CCC2)c(F)c1. The molecular formula is C10H10F2O. The van der Waals surface area contributed by atoms with Gasteiger partial charge in [-0.15, -0.1) is 0 Å². The van der Waals surface area contributed by atoms with Crippen LogP contribution in [0, 0.1) is 11.6 Å². The first-order chi connectivity index (χ1) is 6.25. The van der Waals surface area contributed by atoms with E-state index in [2.05, 4.69) is 0 Å². The van der Waals surface area contributed by atoms with E-state index in [1.54, 1.807) is 0 Å². The van der Waals surface area contributed by atoms with Crippen molar-refractivity contribution in [3.63, 3.8) is 0 Å². The quantitative estimate of drug-likeness (QED) is 0.686. The minimum atomic E-state index is -0.619. The molecule has 0 heterocycles. The lowest BCUT2D eigenvalue weighted by molar-refractivity contribution is 0.115. The van der Waals surface area contributed by atoms with Gasteiger partial charge in [-0.05, 0) is 31.4 Å². The van der Waals surface area contributed by atoms with E-state index in [1.165, 1.54) is 12.1 Å². The van der Waals surface area contributed by atoms with Gasteiger partial charge in [0.25, 0.3) is 0 Å². The summed E-state index contributed by atoms with van der Waals surface area (Å²) in [5.41, 5.74) is 0. The molecule has 0 amide bonds. The van der Waals surface area contributed by atoms with Crippen molar-refractivity contribution in [2.24, 2.45) is 0 Å². The number of ether oxygens (including phenoxy) is 1. The summed E-state index contributed by atoms with van der Waals surface area (Å²) in [5.74, 6) is -1.03. The Balaban J connectivity index is 2.10. The van der Waals surface area contributed by atoms with Crippen LogP contribution in [0.4, 0.5) is 8.78 Å². The first-order valence-electron chi connectivity index (χ1n) is 4.37. The molecule has 1 aromatic rings. The fourth-order valence-corrected chi connectivity index (χ4v) is 1.24. The molecule has 0 bridgehead atoms. The van der Waals surface area contributed by atoms with E-state index in [1.807, 2.05) is 0 Å². The first kappa shape index (κ1) is 8.48. The maximum absolute atomic E-state index is 13.0. The molecule has 1 saturated carbocycles. The van der Waals surface area contributed by atoms with Crippen molar-refractivity contribution in [1.82, 2.24) is 0 Å². The molecule has 1 aromatic carbocycles. The van der Waals surface area contributed by atoms with Crippen LogP contribution in [0.1, 0.15) is 19.3 Å². The summed E-state index contributed by atoms with van der Waals surface area (Å²) in [6, 6.07) is 3.38. The van der Waals surface area contributed by atoms with Gasteiger partial charge in [0.1, 0.15) is 5.82 Å². The zero-order valence-corrected chi connectivity index (χ0v) is 7.09. The Hall–Kier alpha value is -1.12. The summed E-state index contributed by atoms with van der Waals surface area (Å²) in [6.07, 6.45) is 3.20. The zero-order chi connectivity index (χ0) is 9.26. The molecule has 1 aliphatic carbocycles. The van der Waals surface area contributed by atoms with E-state index >= 15 is 0 Å². The van der Waals surface area contributed by atoms with Crippen LogP contribution in [0.15, 0.2) is 18.2 Å².